The minimum atomic E-state index is -0.280. The quantitative estimate of drug-likeness (QED) is 0.661. The molecular weight excluding hydrogens is 376 g/mol. The van der Waals surface area contributed by atoms with Crippen LogP contribution >= 0.6 is 39.1 Å². The summed E-state index contributed by atoms with van der Waals surface area (Å²) in [6.45, 7) is 2.93. The number of hydrogen-bond acceptors (Lipinski definition) is 1. The summed E-state index contributed by atoms with van der Waals surface area (Å²) in [4.78, 5) is 0. The van der Waals surface area contributed by atoms with E-state index in [1.54, 1.807) is 18.2 Å². The molecule has 0 fully saturated rings. The minimum Gasteiger partial charge on any atom is -0.306 e. The van der Waals surface area contributed by atoms with E-state index in [9.17, 15) is 4.39 Å². The molecule has 0 heterocycles. The SMILES string of the molecule is CCCNC(c1cc(Cl)cc(Cl)c1)c1ccc(F)c(Br)c1. The predicted molar refractivity (Wildman–Crippen MR) is 90.7 cm³/mol. The smallest absolute Gasteiger partial charge is 0.137 e. The van der Waals surface area contributed by atoms with Crippen LogP contribution in [-0.4, -0.2) is 6.54 Å². The third-order valence-electron chi connectivity index (χ3n) is 3.09. The summed E-state index contributed by atoms with van der Waals surface area (Å²) in [5.41, 5.74) is 1.91. The highest BCUT2D eigenvalue weighted by Crippen LogP contribution is 2.30. The van der Waals surface area contributed by atoms with Gasteiger partial charge in [0.25, 0.3) is 0 Å². The molecule has 5 heteroatoms. The third-order valence-corrected chi connectivity index (χ3v) is 4.14. The lowest BCUT2D eigenvalue weighted by atomic mass is 9.98. The van der Waals surface area contributed by atoms with Gasteiger partial charge in [0, 0.05) is 10.0 Å². The summed E-state index contributed by atoms with van der Waals surface area (Å²) >= 11 is 15.4. The van der Waals surface area contributed by atoms with Gasteiger partial charge in [-0.1, -0.05) is 36.2 Å². The van der Waals surface area contributed by atoms with Gasteiger partial charge in [0.2, 0.25) is 0 Å². The Balaban J connectivity index is 2.43. The van der Waals surface area contributed by atoms with Gasteiger partial charge in [0.05, 0.1) is 10.5 Å². The summed E-state index contributed by atoms with van der Waals surface area (Å²) in [5.74, 6) is -0.280. The van der Waals surface area contributed by atoms with Crippen LogP contribution in [-0.2, 0) is 0 Å². The molecule has 0 aromatic heterocycles. The zero-order valence-corrected chi connectivity index (χ0v) is 14.6. The van der Waals surface area contributed by atoms with Crippen LogP contribution in [0.4, 0.5) is 4.39 Å². The largest absolute Gasteiger partial charge is 0.306 e. The second-order valence-electron chi connectivity index (χ2n) is 4.76. The highest BCUT2D eigenvalue weighted by molar-refractivity contribution is 9.10. The van der Waals surface area contributed by atoms with Crippen molar-refractivity contribution < 1.29 is 4.39 Å². The van der Waals surface area contributed by atoms with Crippen molar-refractivity contribution in [1.29, 1.82) is 0 Å². The Morgan fingerprint density at radius 2 is 1.76 bits per heavy atom. The third kappa shape index (κ3) is 4.43. The van der Waals surface area contributed by atoms with Gasteiger partial charge in [-0.3, -0.25) is 0 Å². The summed E-state index contributed by atoms with van der Waals surface area (Å²) in [7, 11) is 0. The number of nitrogens with one attached hydrogen (secondary N) is 1. The van der Waals surface area contributed by atoms with Crippen LogP contribution in [0.3, 0.4) is 0 Å². The van der Waals surface area contributed by atoms with Crippen molar-refractivity contribution in [2.24, 2.45) is 0 Å². The molecule has 0 amide bonds. The Morgan fingerprint density at radius 1 is 1.10 bits per heavy atom. The van der Waals surface area contributed by atoms with E-state index < -0.39 is 0 Å². The van der Waals surface area contributed by atoms with E-state index in [1.807, 2.05) is 12.1 Å². The van der Waals surface area contributed by atoms with Crippen LogP contribution in [0.25, 0.3) is 0 Å². The van der Waals surface area contributed by atoms with E-state index in [2.05, 4.69) is 28.2 Å². The highest BCUT2D eigenvalue weighted by atomic mass is 79.9. The van der Waals surface area contributed by atoms with E-state index in [4.69, 9.17) is 23.2 Å². The van der Waals surface area contributed by atoms with Crippen molar-refractivity contribution in [3.63, 3.8) is 0 Å². The first-order chi connectivity index (χ1) is 10.0. The van der Waals surface area contributed by atoms with Crippen molar-refractivity contribution in [2.75, 3.05) is 6.54 Å². The predicted octanol–water partition coefficient (Wildman–Crippen LogP) is 5.98. The lowest BCUT2D eigenvalue weighted by Gasteiger charge is -2.20. The van der Waals surface area contributed by atoms with Crippen LogP contribution < -0.4 is 5.32 Å². The van der Waals surface area contributed by atoms with Crippen LogP contribution in [0.1, 0.15) is 30.5 Å². The molecule has 0 aliphatic rings. The van der Waals surface area contributed by atoms with Gasteiger partial charge >= 0.3 is 0 Å². The molecular formula is C16H15BrCl2FN. The van der Waals surface area contributed by atoms with Gasteiger partial charge in [-0.05, 0) is 70.4 Å². The highest BCUT2D eigenvalue weighted by Gasteiger charge is 2.16. The first-order valence-corrected chi connectivity index (χ1v) is 8.20. The van der Waals surface area contributed by atoms with Gasteiger partial charge < -0.3 is 5.32 Å². The molecule has 1 unspecified atom stereocenters. The van der Waals surface area contributed by atoms with Gasteiger partial charge in [-0.15, -0.1) is 0 Å². The number of benzene rings is 2. The van der Waals surface area contributed by atoms with Crippen LogP contribution in [0, 0.1) is 5.82 Å². The molecule has 0 radical (unpaired) electrons. The fraction of sp³-hybridized carbons (Fsp3) is 0.250. The molecule has 0 saturated heterocycles. The molecule has 0 bridgehead atoms. The molecule has 0 spiro atoms. The number of rotatable bonds is 5. The second kappa shape index (κ2) is 7.59. The molecule has 2 aromatic rings. The van der Waals surface area contributed by atoms with Crippen molar-refractivity contribution in [3.8, 4) is 0 Å². The Kier molecular flexibility index (Phi) is 6.06. The fourth-order valence-electron chi connectivity index (χ4n) is 2.15. The summed E-state index contributed by atoms with van der Waals surface area (Å²) < 4.78 is 13.9. The molecule has 0 saturated carbocycles. The van der Waals surface area contributed by atoms with Gasteiger partial charge in [-0.25, -0.2) is 4.39 Å². The molecule has 1 atom stereocenters. The maximum atomic E-state index is 13.4. The molecule has 1 nitrogen and oxygen atoms in total. The summed E-state index contributed by atoms with van der Waals surface area (Å²) in [5, 5.41) is 4.61. The minimum absolute atomic E-state index is 0.0851. The second-order valence-corrected chi connectivity index (χ2v) is 6.49. The molecule has 2 aromatic carbocycles. The molecule has 1 N–H and O–H groups in total. The molecule has 2 rings (SSSR count). The van der Waals surface area contributed by atoms with Crippen molar-refractivity contribution >= 4 is 39.1 Å². The van der Waals surface area contributed by atoms with E-state index in [0.29, 0.717) is 14.5 Å². The Bertz CT molecular complexity index is 613. The van der Waals surface area contributed by atoms with Crippen molar-refractivity contribution in [2.45, 2.75) is 19.4 Å². The first kappa shape index (κ1) is 16.8. The monoisotopic (exact) mass is 389 g/mol. The van der Waals surface area contributed by atoms with E-state index >= 15 is 0 Å². The van der Waals surface area contributed by atoms with Crippen LogP contribution in [0.15, 0.2) is 40.9 Å². The summed E-state index contributed by atoms with van der Waals surface area (Å²) in [6, 6.07) is 10.4. The molecule has 0 aliphatic carbocycles. The standard InChI is InChI=1S/C16H15BrCl2FN/c1-2-5-21-16(10-3-4-15(20)14(17)8-10)11-6-12(18)9-13(19)7-11/h3-4,6-9,16,21H,2,5H2,1H3. The number of halogens is 4. The van der Waals surface area contributed by atoms with Crippen LogP contribution in [0.2, 0.25) is 10.0 Å². The topological polar surface area (TPSA) is 12.0 Å². The Hall–Kier alpha value is -0.610. The van der Waals surface area contributed by atoms with E-state index in [0.717, 1.165) is 24.1 Å². The number of hydrogen-bond donors (Lipinski definition) is 1. The Morgan fingerprint density at radius 3 is 2.33 bits per heavy atom. The lowest BCUT2D eigenvalue weighted by Crippen LogP contribution is -2.23. The van der Waals surface area contributed by atoms with E-state index in [-0.39, 0.29) is 11.9 Å². The maximum Gasteiger partial charge on any atom is 0.137 e. The fourth-order valence-corrected chi connectivity index (χ4v) is 3.09. The maximum absolute atomic E-state index is 13.4. The van der Waals surface area contributed by atoms with Gasteiger partial charge in [0.1, 0.15) is 5.82 Å². The zero-order valence-electron chi connectivity index (χ0n) is 11.5. The zero-order chi connectivity index (χ0) is 15.4. The average Bonchev–Trinajstić information content (AvgIpc) is 2.42. The van der Waals surface area contributed by atoms with E-state index in [1.165, 1.54) is 6.07 Å². The van der Waals surface area contributed by atoms with Gasteiger partial charge in [-0.2, -0.15) is 0 Å². The normalized spacial score (nSPS) is 12.4. The van der Waals surface area contributed by atoms with Gasteiger partial charge in [0.15, 0.2) is 0 Å². The lowest BCUT2D eigenvalue weighted by molar-refractivity contribution is 0.591. The average molecular weight is 391 g/mol. The Labute approximate surface area is 142 Å². The van der Waals surface area contributed by atoms with Crippen molar-refractivity contribution in [3.05, 3.63) is 67.9 Å². The van der Waals surface area contributed by atoms with Crippen LogP contribution in [0.5, 0.6) is 0 Å². The molecule has 0 aliphatic heterocycles. The molecule has 112 valence electrons. The van der Waals surface area contributed by atoms with Crippen molar-refractivity contribution in [1.82, 2.24) is 5.32 Å². The first-order valence-electron chi connectivity index (χ1n) is 6.65. The summed E-state index contributed by atoms with van der Waals surface area (Å²) in [6.07, 6.45) is 0.993. The molecule has 21 heavy (non-hydrogen) atoms.